The molecule has 15 heavy (non-hydrogen) atoms. The Hall–Kier alpha value is -1.62. The smallest absolute Gasteiger partial charge is 0.162 e. The maximum absolute atomic E-state index is 9.91. The second kappa shape index (κ2) is 4.75. The molecule has 5 nitrogen and oxygen atoms in total. The average molecular weight is 210 g/mol. The van der Waals surface area contributed by atoms with Crippen molar-refractivity contribution < 1.29 is 5.11 Å². The molecular formula is C10H18N4O. The SMILES string of the molecule is CNc1cc(NC)c(CN)c(NC)c1O. The van der Waals surface area contributed by atoms with E-state index >= 15 is 0 Å². The van der Waals surface area contributed by atoms with Crippen LogP contribution in [0.4, 0.5) is 17.1 Å². The number of rotatable bonds is 4. The van der Waals surface area contributed by atoms with Crippen LogP contribution in [-0.2, 0) is 6.54 Å². The minimum absolute atomic E-state index is 0.194. The first-order valence-corrected chi connectivity index (χ1v) is 4.81. The molecule has 1 rings (SSSR count). The Morgan fingerprint density at radius 1 is 1.13 bits per heavy atom. The highest BCUT2D eigenvalue weighted by atomic mass is 16.3. The van der Waals surface area contributed by atoms with Gasteiger partial charge in [-0.05, 0) is 6.07 Å². The molecule has 0 spiro atoms. The van der Waals surface area contributed by atoms with Crippen molar-refractivity contribution in [3.05, 3.63) is 11.6 Å². The monoisotopic (exact) mass is 210 g/mol. The number of hydrogen-bond acceptors (Lipinski definition) is 5. The number of aromatic hydroxyl groups is 1. The lowest BCUT2D eigenvalue weighted by Crippen LogP contribution is -2.07. The van der Waals surface area contributed by atoms with Crippen LogP contribution in [0.15, 0.2) is 6.07 Å². The minimum Gasteiger partial charge on any atom is -0.504 e. The Balaban J connectivity index is 3.43. The quantitative estimate of drug-likeness (QED) is 0.378. The van der Waals surface area contributed by atoms with Crippen LogP contribution >= 0.6 is 0 Å². The van der Waals surface area contributed by atoms with E-state index in [2.05, 4.69) is 16.0 Å². The van der Waals surface area contributed by atoms with E-state index in [0.29, 0.717) is 17.9 Å². The third-order valence-electron chi connectivity index (χ3n) is 2.40. The highest BCUT2D eigenvalue weighted by Crippen LogP contribution is 2.39. The molecule has 0 saturated heterocycles. The molecule has 0 radical (unpaired) electrons. The van der Waals surface area contributed by atoms with Gasteiger partial charge in [-0.25, -0.2) is 0 Å². The summed E-state index contributed by atoms with van der Waals surface area (Å²) in [5.41, 5.74) is 8.76. The summed E-state index contributed by atoms with van der Waals surface area (Å²) in [4.78, 5) is 0. The molecule has 0 aliphatic rings. The van der Waals surface area contributed by atoms with Gasteiger partial charge in [-0.3, -0.25) is 0 Å². The lowest BCUT2D eigenvalue weighted by molar-refractivity contribution is 0.479. The molecule has 84 valence electrons. The van der Waals surface area contributed by atoms with Gasteiger partial charge in [0.1, 0.15) is 0 Å². The van der Waals surface area contributed by atoms with Crippen LogP contribution in [0.1, 0.15) is 5.56 Å². The van der Waals surface area contributed by atoms with Gasteiger partial charge in [-0.15, -0.1) is 0 Å². The maximum atomic E-state index is 9.91. The molecule has 0 aliphatic heterocycles. The summed E-state index contributed by atoms with van der Waals surface area (Å²) in [7, 11) is 5.34. The Labute approximate surface area is 89.7 Å². The van der Waals surface area contributed by atoms with Crippen LogP contribution in [0.25, 0.3) is 0 Å². The third-order valence-corrected chi connectivity index (χ3v) is 2.40. The lowest BCUT2D eigenvalue weighted by atomic mass is 10.1. The Bertz CT molecular complexity index is 352. The number of anilines is 3. The van der Waals surface area contributed by atoms with Crippen molar-refractivity contribution in [3.8, 4) is 5.75 Å². The fourth-order valence-electron chi connectivity index (χ4n) is 1.61. The second-order valence-electron chi connectivity index (χ2n) is 3.13. The highest BCUT2D eigenvalue weighted by molar-refractivity contribution is 5.81. The van der Waals surface area contributed by atoms with Crippen molar-refractivity contribution in [2.45, 2.75) is 6.54 Å². The Morgan fingerprint density at radius 2 is 1.73 bits per heavy atom. The zero-order valence-corrected chi connectivity index (χ0v) is 9.31. The number of nitrogens with two attached hydrogens (primary N) is 1. The van der Waals surface area contributed by atoms with Crippen LogP contribution in [0.3, 0.4) is 0 Å². The van der Waals surface area contributed by atoms with E-state index in [4.69, 9.17) is 5.73 Å². The van der Waals surface area contributed by atoms with Gasteiger partial charge in [0.2, 0.25) is 0 Å². The summed E-state index contributed by atoms with van der Waals surface area (Å²) in [6, 6.07) is 1.83. The molecule has 0 heterocycles. The first kappa shape index (κ1) is 11.5. The molecule has 0 saturated carbocycles. The zero-order chi connectivity index (χ0) is 11.4. The molecule has 1 aromatic carbocycles. The average Bonchev–Trinajstić information content (AvgIpc) is 2.28. The van der Waals surface area contributed by atoms with Gasteiger partial charge >= 0.3 is 0 Å². The van der Waals surface area contributed by atoms with E-state index < -0.39 is 0 Å². The van der Waals surface area contributed by atoms with E-state index in [1.54, 1.807) is 14.1 Å². The van der Waals surface area contributed by atoms with Gasteiger partial charge in [0.15, 0.2) is 5.75 Å². The maximum Gasteiger partial charge on any atom is 0.162 e. The molecule has 0 atom stereocenters. The highest BCUT2D eigenvalue weighted by Gasteiger charge is 2.14. The van der Waals surface area contributed by atoms with Crippen molar-refractivity contribution >= 4 is 17.1 Å². The summed E-state index contributed by atoms with van der Waals surface area (Å²) in [5.74, 6) is 0.194. The Kier molecular flexibility index (Phi) is 3.62. The predicted octanol–water partition coefficient (Wildman–Crippen LogP) is 0.976. The van der Waals surface area contributed by atoms with Crippen molar-refractivity contribution in [2.75, 3.05) is 37.1 Å². The van der Waals surface area contributed by atoms with Crippen LogP contribution in [0, 0.1) is 0 Å². The summed E-state index contributed by atoms with van der Waals surface area (Å²) < 4.78 is 0. The van der Waals surface area contributed by atoms with E-state index in [0.717, 1.165) is 11.3 Å². The van der Waals surface area contributed by atoms with Crippen molar-refractivity contribution in [1.29, 1.82) is 0 Å². The molecule has 0 aromatic heterocycles. The van der Waals surface area contributed by atoms with Gasteiger partial charge < -0.3 is 26.8 Å². The van der Waals surface area contributed by atoms with Gasteiger partial charge in [-0.2, -0.15) is 0 Å². The molecule has 0 bridgehead atoms. The van der Waals surface area contributed by atoms with Crippen molar-refractivity contribution in [3.63, 3.8) is 0 Å². The summed E-state index contributed by atoms with van der Waals surface area (Å²) in [6.45, 7) is 0.365. The first-order chi connectivity index (χ1) is 7.19. The standard InChI is InChI=1S/C10H18N4O/c1-12-7-4-8(13-2)10(15)9(14-3)6(7)5-11/h4,12-15H,5,11H2,1-3H3. The number of hydrogen-bond donors (Lipinski definition) is 5. The normalized spacial score (nSPS) is 9.87. The number of benzene rings is 1. The van der Waals surface area contributed by atoms with E-state index in [1.165, 1.54) is 0 Å². The molecule has 5 heteroatoms. The Morgan fingerprint density at radius 3 is 2.13 bits per heavy atom. The number of phenolic OH excluding ortho intramolecular Hbond substituents is 1. The number of nitrogens with one attached hydrogen (secondary N) is 3. The fourth-order valence-corrected chi connectivity index (χ4v) is 1.61. The van der Waals surface area contributed by atoms with Gasteiger partial charge in [-0.1, -0.05) is 0 Å². The number of phenols is 1. The molecule has 6 N–H and O–H groups in total. The van der Waals surface area contributed by atoms with E-state index in [1.807, 2.05) is 13.1 Å². The topological polar surface area (TPSA) is 82.3 Å². The molecule has 1 aromatic rings. The van der Waals surface area contributed by atoms with Crippen LogP contribution in [0.2, 0.25) is 0 Å². The fraction of sp³-hybridized carbons (Fsp3) is 0.400. The van der Waals surface area contributed by atoms with Crippen LogP contribution < -0.4 is 21.7 Å². The van der Waals surface area contributed by atoms with Crippen molar-refractivity contribution in [1.82, 2.24) is 0 Å². The first-order valence-electron chi connectivity index (χ1n) is 4.81. The molecule has 0 aliphatic carbocycles. The van der Waals surface area contributed by atoms with Gasteiger partial charge in [0, 0.05) is 38.9 Å². The summed E-state index contributed by atoms with van der Waals surface area (Å²) in [5, 5.41) is 18.8. The van der Waals surface area contributed by atoms with Gasteiger partial charge in [0.05, 0.1) is 11.4 Å². The van der Waals surface area contributed by atoms with Gasteiger partial charge in [0.25, 0.3) is 0 Å². The molecule has 0 amide bonds. The minimum atomic E-state index is 0.194. The molecule has 0 unspecified atom stereocenters. The summed E-state index contributed by atoms with van der Waals surface area (Å²) in [6.07, 6.45) is 0. The van der Waals surface area contributed by atoms with E-state index in [9.17, 15) is 5.11 Å². The van der Waals surface area contributed by atoms with E-state index in [-0.39, 0.29) is 5.75 Å². The molecular weight excluding hydrogens is 192 g/mol. The van der Waals surface area contributed by atoms with Crippen LogP contribution in [0.5, 0.6) is 5.75 Å². The summed E-state index contributed by atoms with van der Waals surface area (Å²) >= 11 is 0. The predicted molar refractivity (Wildman–Crippen MR) is 64.6 cm³/mol. The second-order valence-corrected chi connectivity index (χ2v) is 3.13. The van der Waals surface area contributed by atoms with Crippen molar-refractivity contribution in [2.24, 2.45) is 5.73 Å². The van der Waals surface area contributed by atoms with Crippen LogP contribution in [-0.4, -0.2) is 26.2 Å². The molecule has 0 fully saturated rings. The lowest BCUT2D eigenvalue weighted by Gasteiger charge is -2.17. The largest absolute Gasteiger partial charge is 0.504 e. The third kappa shape index (κ3) is 1.92. The zero-order valence-electron chi connectivity index (χ0n) is 9.31.